The van der Waals surface area contributed by atoms with Gasteiger partial charge in [-0.3, -0.25) is 4.79 Å². The van der Waals surface area contributed by atoms with E-state index in [0.29, 0.717) is 25.3 Å². The summed E-state index contributed by atoms with van der Waals surface area (Å²) in [6.07, 6.45) is 6.91. The predicted molar refractivity (Wildman–Crippen MR) is 101 cm³/mol. The first kappa shape index (κ1) is 19.9. The molecule has 140 valence electrons. The lowest BCUT2D eigenvalue weighted by Gasteiger charge is -2.30. The van der Waals surface area contributed by atoms with E-state index in [0.717, 1.165) is 31.2 Å². The molecule has 0 bridgehead atoms. The number of rotatable bonds is 9. The number of benzene rings is 1. The van der Waals surface area contributed by atoms with Crippen LogP contribution in [0.15, 0.2) is 30.3 Å². The number of hydrogen-bond donors (Lipinski definition) is 2. The number of amides is 1. The van der Waals surface area contributed by atoms with Crippen LogP contribution < -0.4 is 11.1 Å². The van der Waals surface area contributed by atoms with Gasteiger partial charge in [0.25, 0.3) is 0 Å². The molecule has 1 aromatic carbocycles. The van der Waals surface area contributed by atoms with Crippen molar-refractivity contribution in [3.05, 3.63) is 35.9 Å². The summed E-state index contributed by atoms with van der Waals surface area (Å²) in [6, 6.07) is 9.67. The highest BCUT2D eigenvalue weighted by atomic mass is 32.2. The van der Waals surface area contributed by atoms with Crippen molar-refractivity contribution < 1.29 is 13.2 Å². The molecule has 0 heterocycles. The van der Waals surface area contributed by atoms with Gasteiger partial charge in [-0.25, -0.2) is 8.42 Å². The van der Waals surface area contributed by atoms with Gasteiger partial charge in [-0.05, 0) is 37.2 Å². The van der Waals surface area contributed by atoms with Crippen molar-refractivity contribution in [1.82, 2.24) is 5.32 Å². The maximum Gasteiger partial charge on any atom is 0.235 e. The summed E-state index contributed by atoms with van der Waals surface area (Å²) < 4.78 is 24.4. The molecule has 1 aromatic rings. The maximum absolute atomic E-state index is 12.2. The average Bonchev–Trinajstić information content (AvgIpc) is 2.60. The van der Waals surface area contributed by atoms with E-state index in [4.69, 9.17) is 5.73 Å². The van der Waals surface area contributed by atoms with Crippen LogP contribution in [-0.4, -0.2) is 38.4 Å². The summed E-state index contributed by atoms with van der Waals surface area (Å²) >= 11 is 0. The fourth-order valence-corrected chi connectivity index (χ4v) is 4.78. The summed E-state index contributed by atoms with van der Waals surface area (Å²) in [5, 5.41) is 2.86. The fourth-order valence-electron chi connectivity index (χ4n) is 3.57. The number of carbonyl (C=O) groups excluding carboxylic acids is 1. The quantitative estimate of drug-likeness (QED) is 0.700. The highest BCUT2D eigenvalue weighted by Crippen LogP contribution is 2.26. The molecule has 6 heteroatoms. The van der Waals surface area contributed by atoms with Gasteiger partial charge in [0.2, 0.25) is 5.91 Å². The first-order chi connectivity index (χ1) is 12.0. The van der Waals surface area contributed by atoms with Crippen LogP contribution in [0.3, 0.4) is 0 Å². The summed E-state index contributed by atoms with van der Waals surface area (Å²) in [7, 11) is -3.39. The van der Waals surface area contributed by atoms with E-state index in [1.54, 1.807) is 0 Å². The molecule has 1 saturated carbocycles. The second-order valence-electron chi connectivity index (χ2n) is 6.99. The van der Waals surface area contributed by atoms with Gasteiger partial charge in [-0.2, -0.15) is 0 Å². The van der Waals surface area contributed by atoms with Gasteiger partial charge in [0.1, 0.15) is 5.75 Å². The van der Waals surface area contributed by atoms with Crippen LogP contribution in [0.25, 0.3) is 0 Å². The van der Waals surface area contributed by atoms with E-state index < -0.39 is 21.5 Å². The van der Waals surface area contributed by atoms with E-state index in [1.807, 2.05) is 30.3 Å². The van der Waals surface area contributed by atoms with Gasteiger partial charge in [0.15, 0.2) is 9.84 Å². The van der Waals surface area contributed by atoms with Crippen molar-refractivity contribution in [2.24, 2.45) is 11.7 Å². The predicted octanol–water partition coefficient (Wildman–Crippen LogP) is 2.06. The van der Waals surface area contributed by atoms with Crippen LogP contribution in [-0.2, 0) is 21.1 Å². The maximum atomic E-state index is 12.2. The summed E-state index contributed by atoms with van der Waals surface area (Å²) in [6.45, 7) is 0.366. The molecule has 2 rings (SSSR count). The van der Waals surface area contributed by atoms with Gasteiger partial charge >= 0.3 is 0 Å². The molecule has 25 heavy (non-hydrogen) atoms. The van der Waals surface area contributed by atoms with Crippen molar-refractivity contribution in [3.8, 4) is 0 Å². The fraction of sp³-hybridized carbons (Fsp3) is 0.632. The lowest BCUT2D eigenvalue weighted by molar-refractivity contribution is -0.119. The highest BCUT2D eigenvalue weighted by Gasteiger charge is 2.25. The minimum absolute atomic E-state index is 0.0338. The molecule has 0 saturated heterocycles. The Kier molecular flexibility index (Phi) is 7.90. The first-order valence-corrected chi connectivity index (χ1v) is 11.1. The molecule has 0 radical (unpaired) electrons. The molecule has 1 aliphatic rings. The summed E-state index contributed by atoms with van der Waals surface area (Å²) in [5.74, 6) is -0.443. The van der Waals surface area contributed by atoms with Crippen molar-refractivity contribution >= 4 is 15.7 Å². The number of aryl methyl sites for hydroxylation is 1. The van der Waals surface area contributed by atoms with Crippen molar-refractivity contribution in [3.63, 3.8) is 0 Å². The van der Waals surface area contributed by atoms with E-state index in [-0.39, 0.29) is 11.8 Å². The van der Waals surface area contributed by atoms with E-state index in [9.17, 15) is 13.2 Å². The van der Waals surface area contributed by atoms with Crippen molar-refractivity contribution in [1.29, 1.82) is 0 Å². The van der Waals surface area contributed by atoms with Gasteiger partial charge in [0.05, 0.1) is 5.75 Å². The Morgan fingerprint density at radius 3 is 2.48 bits per heavy atom. The molecular weight excluding hydrogens is 336 g/mol. The Labute approximate surface area is 151 Å². The Hall–Kier alpha value is -1.40. The van der Waals surface area contributed by atoms with E-state index in [1.165, 1.54) is 6.42 Å². The highest BCUT2D eigenvalue weighted by molar-refractivity contribution is 7.92. The molecule has 3 N–H and O–H groups in total. The molecule has 5 nitrogen and oxygen atoms in total. The normalized spacial score (nSPS) is 17.2. The molecule has 1 amide bonds. The first-order valence-electron chi connectivity index (χ1n) is 9.24. The van der Waals surface area contributed by atoms with Crippen LogP contribution in [0.2, 0.25) is 0 Å². The monoisotopic (exact) mass is 366 g/mol. The number of sulfone groups is 1. The molecule has 1 aliphatic carbocycles. The van der Waals surface area contributed by atoms with Crippen LogP contribution in [0.4, 0.5) is 0 Å². The Balaban J connectivity index is 1.77. The molecule has 1 unspecified atom stereocenters. The van der Waals surface area contributed by atoms with Gasteiger partial charge < -0.3 is 11.1 Å². The van der Waals surface area contributed by atoms with Gasteiger partial charge in [-0.15, -0.1) is 0 Å². The number of hydrogen-bond acceptors (Lipinski definition) is 4. The minimum atomic E-state index is -3.39. The Morgan fingerprint density at radius 1 is 1.16 bits per heavy atom. The third kappa shape index (κ3) is 7.16. The number of nitrogens with two attached hydrogens (primary N) is 1. The minimum Gasteiger partial charge on any atom is -0.351 e. The Morgan fingerprint density at radius 2 is 1.84 bits per heavy atom. The van der Waals surface area contributed by atoms with Crippen molar-refractivity contribution in [2.45, 2.75) is 51.0 Å². The smallest absolute Gasteiger partial charge is 0.235 e. The van der Waals surface area contributed by atoms with E-state index in [2.05, 4.69) is 5.32 Å². The van der Waals surface area contributed by atoms with Crippen LogP contribution in [0.1, 0.15) is 44.1 Å². The molecular formula is C19H30N2O3S. The van der Waals surface area contributed by atoms with Crippen LogP contribution in [0, 0.1) is 5.92 Å². The molecule has 0 aliphatic heterocycles. The second kappa shape index (κ2) is 9.92. The Bertz CT molecular complexity index is 625. The topological polar surface area (TPSA) is 89.3 Å². The zero-order chi connectivity index (χ0) is 18.1. The second-order valence-corrected chi connectivity index (χ2v) is 9.17. The lowest BCUT2D eigenvalue weighted by atomic mass is 9.84. The lowest BCUT2D eigenvalue weighted by Crippen LogP contribution is -2.47. The number of carbonyl (C=O) groups is 1. The molecule has 1 atom stereocenters. The summed E-state index contributed by atoms with van der Waals surface area (Å²) in [4.78, 5) is 12.2. The number of nitrogens with one attached hydrogen (secondary N) is 1. The van der Waals surface area contributed by atoms with Crippen LogP contribution >= 0.6 is 0 Å². The SMILES string of the molecule is NCC(NC(=O)CS(=O)(=O)CCCc1ccccc1)C1CCCCC1. The van der Waals surface area contributed by atoms with Gasteiger partial charge in [-0.1, -0.05) is 49.6 Å². The third-order valence-electron chi connectivity index (χ3n) is 4.93. The zero-order valence-electron chi connectivity index (χ0n) is 14.8. The average molecular weight is 367 g/mol. The molecule has 0 spiro atoms. The molecule has 1 fully saturated rings. The zero-order valence-corrected chi connectivity index (χ0v) is 15.6. The largest absolute Gasteiger partial charge is 0.351 e. The molecule has 0 aromatic heterocycles. The van der Waals surface area contributed by atoms with Gasteiger partial charge in [0, 0.05) is 12.6 Å². The van der Waals surface area contributed by atoms with Crippen molar-refractivity contribution in [2.75, 3.05) is 18.1 Å². The van der Waals surface area contributed by atoms with Crippen LogP contribution in [0.5, 0.6) is 0 Å². The standard InChI is InChI=1S/C19H30N2O3S/c20-14-18(17-11-5-2-6-12-17)21-19(22)15-25(23,24)13-7-10-16-8-3-1-4-9-16/h1,3-4,8-9,17-18H,2,5-7,10-15,20H2,(H,21,22). The summed E-state index contributed by atoms with van der Waals surface area (Å²) in [5.41, 5.74) is 6.91. The van der Waals surface area contributed by atoms with E-state index >= 15 is 0 Å². The third-order valence-corrected chi connectivity index (χ3v) is 6.55.